The Kier molecular flexibility index (Phi) is 4.49. The first-order valence-corrected chi connectivity index (χ1v) is 7.69. The van der Waals surface area contributed by atoms with Gasteiger partial charge in [-0.1, -0.05) is 29.8 Å². The Morgan fingerprint density at radius 1 is 1.04 bits per heavy atom. The number of hydrogen-bond acceptors (Lipinski definition) is 3. The third-order valence-corrected chi connectivity index (χ3v) is 3.69. The lowest BCUT2D eigenvalue weighted by molar-refractivity contribution is 0.102. The summed E-state index contributed by atoms with van der Waals surface area (Å²) in [4.78, 5) is 25.0. The summed E-state index contributed by atoms with van der Waals surface area (Å²) in [6.45, 7) is 1.67. The maximum atomic E-state index is 12.6. The molecule has 5 heteroatoms. The lowest BCUT2D eigenvalue weighted by Gasteiger charge is -2.10. The minimum absolute atomic E-state index is 0.0354. The van der Waals surface area contributed by atoms with Crippen LogP contribution in [0.15, 0.2) is 69.9 Å². The summed E-state index contributed by atoms with van der Waals surface area (Å²) in [5, 5.41) is 3.27. The smallest absolute Gasteiger partial charge is 0.263 e. The largest absolute Gasteiger partial charge is 0.460 e. The number of halogens is 1. The number of para-hydroxylation sites is 1. The van der Waals surface area contributed by atoms with E-state index in [0.717, 1.165) is 0 Å². The molecule has 0 spiro atoms. The van der Waals surface area contributed by atoms with Gasteiger partial charge in [0.15, 0.2) is 11.2 Å². The van der Waals surface area contributed by atoms with E-state index in [-0.39, 0.29) is 11.3 Å². The van der Waals surface area contributed by atoms with Crippen LogP contribution in [0.25, 0.3) is 11.3 Å². The van der Waals surface area contributed by atoms with E-state index in [1.807, 2.05) is 6.07 Å². The molecule has 0 saturated heterocycles. The van der Waals surface area contributed by atoms with Crippen LogP contribution in [0.1, 0.15) is 16.1 Å². The second-order valence-electron chi connectivity index (χ2n) is 5.25. The minimum Gasteiger partial charge on any atom is -0.460 e. The van der Waals surface area contributed by atoms with Crippen LogP contribution in [-0.4, -0.2) is 5.91 Å². The molecule has 0 aliphatic rings. The number of aryl methyl sites for hydroxylation is 1. The number of rotatable bonds is 3. The van der Waals surface area contributed by atoms with E-state index in [4.69, 9.17) is 16.0 Å². The lowest BCUT2D eigenvalue weighted by atomic mass is 10.1. The first kappa shape index (κ1) is 16.0. The molecule has 1 aromatic heterocycles. The summed E-state index contributed by atoms with van der Waals surface area (Å²) in [7, 11) is 0. The van der Waals surface area contributed by atoms with Gasteiger partial charge in [0.25, 0.3) is 5.91 Å². The molecule has 0 unspecified atom stereocenters. The van der Waals surface area contributed by atoms with Gasteiger partial charge in [0.05, 0.1) is 0 Å². The van der Waals surface area contributed by atoms with Crippen LogP contribution in [0.3, 0.4) is 0 Å². The van der Waals surface area contributed by atoms with Crippen LogP contribution in [0, 0.1) is 6.92 Å². The van der Waals surface area contributed by atoms with Crippen LogP contribution in [0.2, 0.25) is 5.02 Å². The highest BCUT2D eigenvalue weighted by Gasteiger charge is 2.20. The van der Waals surface area contributed by atoms with Crippen molar-refractivity contribution in [2.24, 2.45) is 0 Å². The molecule has 0 aliphatic heterocycles. The number of hydrogen-bond donors (Lipinski definition) is 1. The molecule has 1 heterocycles. The van der Waals surface area contributed by atoms with Crippen molar-refractivity contribution in [2.45, 2.75) is 6.92 Å². The topological polar surface area (TPSA) is 59.3 Å². The van der Waals surface area contributed by atoms with E-state index in [0.29, 0.717) is 22.0 Å². The first-order valence-electron chi connectivity index (χ1n) is 7.31. The predicted molar refractivity (Wildman–Crippen MR) is 94.6 cm³/mol. The molecule has 2 aromatic carbocycles. The molecule has 0 radical (unpaired) electrons. The fourth-order valence-electron chi connectivity index (χ4n) is 2.34. The summed E-state index contributed by atoms with van der Waals surface area (Å²) < 4.78 is 5.67. The number of anilines is 1. The minimum atomic E-state index is -0.514. The first-order chi connectivity index (χ1) is 11.5. The van der Waals surface area contributed by atoms with Gasteiger partial charge in [0.1, 0.15) is 11.3 Å². The van der Waals surface area contributed by atoms with Crippen molar-refractivity contribution in [3.05, 3.63) is 87.2 Å². The summed E-state index contributed by atoms with van der Waals surface area (Å²) in [6, 6.07) is 17.0. The van der Waals surface area contributed by atoms with Gasteiger partial charge in [0, 0.05) is 22.3 Å². The van der Waals surface area contributed by atoms with Crippen LogP contribution in [0.5, 0.6) is 0 Å². The van der Waals surface area contributed by atoms with E-state index in [2.05, 4.69) is 5.32 Å². The van der Waals surface area contributed by atoms with Gasteiger partial charge in [-0.2, -0.15) is 0 Å². The fraction of sp³-hybridized carbons (Fsp3) is 0.0526. The molecule has 4 nitrogen and oxygen atoms in total. The molecule has 120 valence electrons. The average molecular weight is 340 g/mol. The maximum absolute atomic E-state index is 12.6. The van der Waals surface area contributed by atoms with Crippen molar-refractivity contribution in [3.63, 3.8) is 0 Å². The second kappa shape index (κ2) is 6.72. The standard InChI is InChI=1S/C19H14ClNO3/c1-12-11-16(22)17(19(23)21-15-5-3-2-4-6-15)18(24-12)13-7-9-14(20)10-8-13/h2-11H,1H3,(H,21,23). The molecular formula is C19H14ClNO3. The van der Waals surface area contributed by atoms with Gasteiger partial charge in [-0.05, 0) is 43.3 Å². The summed E-state index contributed by atoms with van der Waals surface area (Å²) in [5.74, 6) is 0.145. The predicted octanol–water partition coefficient (Wildman–Crippen LogP) is 4.52. The third kappa shape index (κ3) is 3.39. The third-order valence-electron chi connectivity index (χ3n) is 3.44. The number of carbonyl (C=O) groups excluding carboxylic acids is 1. The maximum Gasteiger partial charge on any atom is 0.263 e. The number of nitrogens with one attached hydrogen (secondary N) is 1. The molecule has 3 aromatic rings. The molecule has 0 bridgehead atoms. The van der Waals surface area contributed by atoms with Gasteiger partial charge < -0.3 is 9.73 Å². The Morgan fingerprint density at radius 2 is 1.71 bits per heavy atom. The Labute approximate surface area is 143 Å². The molecule has 1 N–H and O–H groups in total. The lowest BCUT2D eigenvalue weighted by Crippen LogP contribution is -2.22. The van der Waals surface area contributed by atoms with Crippen LogP contribution < -0.4 is 10.7 Å². The van der Waals surface area contributed by atoms with Crippen molar-refractivity contribution < 1.29 is 9.21 Å². The van der Waals surface area contributed by atoms with E-state index in [9.17, 15) is 9.59 Å². The van der Waals surface area contributed by atoms with Gasteiger partial charge in [-0.15, -0.1) is 0 Å². The molecule has 0 aliphatic carbocycles. The van der Waals surface area contributed by atoms with Gasteiger partial charge in [0.2, 0.25) is 0 Å². The second-order valence-corrected chi connectivity index (χ2v) is 5.69. The van der Waals surface area contributed by atoms with E-state index in [1.54, 1.807) is 55.5 Å². The van der Waals surface area contributed by atoms with Crippen molar-refractivity contribution in [1.82, 2.24) is 0 Å². The molecule has 3 rings (SSSR count). The number of carbonyl (C=O) groups is 1. The van der Waals surface area contributed by atoms with Crippen molar-refractivity contribution >= 4 is 23.2 Å². The monoisotopic (exact) mass is 339 g/mol. The van der Waals surface area contributed by atoms with Gasteiger partial charge >= 0.3 is 0 Å². The Balaban J connectivity index is 2.08. The molecule has 24 heavy (non-hydrogen) atoms. The van der Waals surface area contributed by atoms with Crippen molar-refractivity contribution in [2.75, 3.05) is 5.32 Å². The summed E-state index contributed by atoms with van der Waals surface area (Å²) in [6.07, 6.45) is 0. The van der Waals surface area contributed by atoms with E-state index >= 15 is 0 Å². The summed E-state index contributed by atoms with van der Waals surface area (Å²) >= 11 is 5.90. The normalized spacial score (nSPS) is 10.4. The van der Waals surface area contributed by atoms with Crippen molar-refractivity contribution in [3.8, 4) is 11.3 Å². The number of amides is 1. The van der Waals surface area contributed by atoms with E-state index < -0.39 is 11.3 Å². The quantitative estimate of drug-likeness (QED) is 0.763. The number of benzene rings is 2. The zero-order valence-electron chi connectivity index (χ0n) is 12.9. The van der Waals surface area contributed by atoms with Gasteiger partial charge in [-0.25, -0.2) is 0 Å². The molecule has 0 saturated carbocycles. The highest BCUT2D eigenvalue weighted by molar-refractivity contribution is 6.30. The molecule has 0 atom stereocenters. The Bertz CT molecular complexity index is 931. The van der Waals surface area contributed by atoms with E-state index in [1.165, 1.54) is 6.07 Å². The van der Waals surface area contributed by atoms with Crippen LogP contribution in [0.4, 0.5) is 5.69 Å². The fourth-order valence-corrected chi connectivity index (χ4v) is 2.47. The molecular weight excluding hydrogens is 326 g/mol. The summed E-state index contributed by atoms with van der Waals surface area (Å²) in [5.41, 5.74) is 0.784. The Hall–Kier alpha value is -2.85. The highest BCUT2D eigenvalue weighted by atomic mass is 35.5. The van der Waals surface area contributed by atoms with Crippen LogP contribution in [-0.2, 0) is 0 Å². The average Bonchev–Trinajstić information content (AvgIpc) is 2.55. The SMILES string of the molecule is Cc1cc(=O)c(C(=O)Nc2ccccc2)c(-c2ccc(Cl)cc2)o1. The molecule has 0 fully saturated rings. The zero-order valence-corrected chi connectivity index (χ0v) is 13.6. The van der Waals surface area contributed by atoms with Gasteiger partial charge in [-0.3, -0.25) is 9.59 Å². The molecule has 1 amide bonds. The highest BCUT2D eigenvalue weighted by Crippen LogP contribution is 2.25. The zero-order chi connectivity index (χ0) is 17.1. The Morgan fingerprint density at radius 3 is 2.38 bits per heavy atom. The van der Waals surface area contributed by atoms with Crippen LogP contribution >= 0.6 is 11.6 Å². The van der Waals surface area contributed by atoms with Crippen molar-refractivity contribution in [1.29, 1.82) is 0 Å².